The average molecular weight is 253 g/mol. The average Bonchev–Trinajstić information content (AvgIpc) is 2.66. The van der Waals surface area contributed by atoms with E-state index < -0.39 is 5.97 Å². The van der Waals surface area contributed by atoms with Crippen molar-refractivity contribution >= 4 is 5.97 Å². The highest BCUT2D eigenvalue weighted by molar-refractivity contribution is 5.71. The lowest BCUT2D eigenvalue weighted by Gasteiger charge is -2.37. The van der Waals surface area contributed by atoms with Gasteiger partial charge in [-0.25, -0.2) is 0 Å². The van der Waals surface area contributed by atoms with Gasteiger partial charge in [-0.2, -0.15) is 0 Å². The van der Waals surface area contributed by atoms with Crippen LogP contribution in [-0.2, 0) is 4.79 Å². The van der Waals surface area contributed by atoms with E-state index >= 15 is 0 Å². The Kier molecular flexibility index (Phi) is 4.66. The minimum atomic E-state index is -0.573. The number of hydrogen-bond acceptors (Lipinski definition) is 2. The summed E-state index contributed by atoms with van der Waals surface area (Å²) in [5.41, 5.74) is 0. The summed E-state index contributed by atoms with van der Waals surface area (Å²) < 4.78 is 0. The molecule has 1 aliphatic heterocycles. The number of nitrogens with zero attached hydrogens (tertiary/aromatic N) is 1. The van der Waals surface area contributed by atoms with Gasteiger partial charge in [-0.3, -0.25) is 9.69 Å². The van der Waals surface area contributed by atoms with Crippen molar-refractivity contribution in [3.05, 3.63) is 0 Å². The lowest BCUT2D eigenvalue weighted by molar-refractivity contribution is -0.144. The second-order valence-corrected chi connectivity index (χ2v) is 6.34. The Hall–Kier alpha value is -0.570. The topological polar surface area (TPSA) is 40.5 Å². The Balaban J connectivity index is 2.13. The van der Waals surface area contributed by atoms with Gasteiger partial charge in [0.2, 0.25) is 0 Å². The third-order valence-electron chi connectivity index (χ3n) is 4.83. The first-order valence-electron chi connectivity index (χ1n) is 7.60. The third-order valence-corrected chi connectivity index (χ3v) is 4.83. The van der Waals surface area contributed by atoms with Crippen molar-refractivity contribution in [2.75, 3.05) is 6.54 Å². The lowest BCUT2D eigenvalue weighted by Crippen LogP contribution is -2.47. The molecule has 3 unspecified atom stereocenters. The summed E-state index contributed by atoms with van der Waals surface area (Å²) in [5, 5.41) is 9.49. The fourth-order valence-corrected chi connectivity index (χ4v) is 3.92. The molecule has 0 aromatic carbocycles. The second-order valence-electron chi connectivity index (χ2n) is 6.34. The molecule has 1 aliphatic carbocycles. The van der Waals surface area contributed by atoms with E-state index in [2.05, 4.69) is 18.7 Å². The quantitative estimate of drug-likeness (QED) is 0.786. The van der Waals surface area contributed by atoms with Crippen molar-refractivity contribution in [3.63, 3.8) is 0 Å². The van der Waals surface area contributed by atoms with Gasteiger partial charge < -0.3 is 5.11 Å². The van der Waals surface area contributed by atoms with Crippen molar-refractivity contribution < 1.29 is 9.90 Å². The number of aliphatic carboxylic acids is 1. The van der Waals surface area contributed by atoms with Gasteiger partial charge in [-0.05, 0) is 38.1 Å². The summed E-state index contributed by atoms with van der Waals surface area (Å²) in [6.45, 7) is 5.65. The van der Waals surface area contributed by atoms with E-state index in [9.17, 15) is 9.90 Å². The zero-order chi connectivity index (χ0) is 13.1. The van der Waals surface area contributed by atoms with Crippen molar-refractivity contribution in [1.82, 2.24) is 4.90 Å². The number of likely N-dealkylation sites (tertiary alicyclic amines) is 1. The molecule has 2 fully saturated rings. The van der Waals surface area contributed by atoms with E-state index in [1.807, 2.05) is 0 Å². The molecule has 0 radical (unpaired) electrons. The first kappa shape index (κ1) is 13.9. The molecular weight excluding hydrogens is 226 g/mol. The Morgan fingerprint density at radius 2 is 1.83 bits per heavy atom. The van der Waals surface area contributed by atoms with Crippen LogP contribution in [0.4, 0.5) is 0 Å². The van der Waals surface area contributed by atoms with E-state index in [0.717, 1.165) is 25.8 Å². The first-order chi connectivity index (χ1) is 8.61. The highest BCUT2D eigenvalue weighted by atomic mass is 16.4. The number of hydrogen-bond donors (Lipinski definition) is 1. The molecule has 0 spiro atoms. The van der Waals surface area contributed by atoms with Gasteiger partial charge in [0.25, 0.3) is 0 Å². The Morgan fingerprint density at radius 1 is 1.11 bits per heavy atom. The van der Waals surface area contributed by atoms with Crippen molar-refractivity contribution in [3.8, 4) is 0 Å². The molecule has 1 N–H and O–H groups in total. The summed E-state index contributed by atoms with van der Waals surface area (Å²) in [7, 11) is 0. The summed E-state index contributed by atoms with van der Waals surface area (Å²) in [4.78, 5) is 14.1. The van der Waals surface area contributed by atoms with Crippen molar-refractivity contribution in [2.45, 2.75) is 70.9 Å². The van der Waals surface area contributed by atoms with Gasteiger partial charge in [0.15, 0.2) is 0 Å². The first-order valence-corrected chi connectivity index (χ1v) is 7.60. The monoisotopic (exact) mass is 253 g/mol. The van der Waals surface area contributed by atoms with E-state index in [1.54, 1.807) is 0 Å². The molecule has 3 atom stereocenters. The molecule has 1 saturated heterocycles. The minimum Gasteiger partial charge on any atom is -0.481 e. The number of carboxylic acids is 1. The molecule has 3 heteroatoms. The van der Waals surface area contributed by atoms with E-state index in [0.29, 0.717) is 18.0 Å². The molecule has 104 valence electrons. The number of carbonyl (C=O) groups is 1. The predicted octanol–water partition coefficient (Wildman–Crippen LogP) is 3.14. The molecule has 0 aromatic rings. The van der Waals surface area contributed by atoms with Crippen molar-refractivity contribution in [2.24, 2.45) is 11.8 Å². The van der Waals surface area contributed by atoms with Crippen LogP contribution in [0.15, 0.2) is 0 Å². The smallest absolute Gasteiger partial charge is 0.308 e. The highest BCUT2D eigenvalue weighted by Crippen LogP contribution is 2.34. The molecular formula is C15H27NO2. The highest BCUT2D eigenvalue weighted by Gasteiger charge is 2.39. The Bertz CT molecular complexity index is 290. The van der Waals surface area contributed by atoms with Crippen LogP contribution in [0.3, 0.4) is 0 Å². The van der Waals surface area contributed by atoms with Crippen LogP contribution >= 0.6 is 0 Å². The third kappa shape index (κ3) is 2.87. The van der Waals surface area contributed by atoms with Crippen LogP contribution < -0.4 is 0 Å². The standard InChI is InChI=1S/C15H27NO2/c1-11(2)13-9-6-10-16(13)14-8-5-3-4-7-12(14)15(17)18/h11-14H,3-10H2,1-2H3,(H,17,18). The SMILES string of the molecule is CC(C)C1CCCN1C1CCCCCC1C(=O)O. The fourth-order valence-electron chi connectivity index (χ4n) is 3.92. The molecule has 2 aliphatic rings. The molecule has 2 rings (SSSR count). The predicted molar refractivity (Wildman–Crippen MR) is 72.6 cm³/mol. The summed E-state index contributed by atoms with van der Waals surface area (Å²) in [6, 6.07) is 0.898. The van der Waals surface area contributed by atoms with Gasteiger partial charge in [0.1, 0.15) is 0 Å². The summed E-state index contributed by atoms with van der Waals surface area (Å²) in [6.07, 6.45) is 7.96. The number of rotatable bonds is 3. The van der Waals surface area contributed by atoms with Crippen LogP contribution in [0.1, 0.15) is 58.8 Å². The maximum absolute atomic E-state index is 11.5. The van der Waals surface area contributed by atoms with Crippen LogP contribution in [-0.4, -0.2) is 34.6 Å². The van der Waals surface area contributed by atoms with Crippen LogP contribution in [0.2, 0.25) is 0 Å². The second kappa shape index (κ2) is 6.05. The summed E-state index contributed by atoms with van der Waals surface area (Å²) in [5.74, 6) is -0.0617. The van der Waals surface area contributed by atoms with E-state index in [1.165, 1.54) is 25.7 Å². The zero-order valence-electron chi connectivity index (χ0n) is 11.8. The van der Waals surface area contributed by atoms with Gasteiger partial charge >= 0.3 is 5.97 Å². The van der Waals surface area contributed by atoms with Crippen LogP contribution in [0.5, 0.6) is 0 Å². The van der Waals surface area contributed by atoms with E-state index in [-0.39, 0.29) is 5.92 Å². The van der Waals surface area contributed by atoms with Crippen LogP contribution in [0, 0.1) is 11.8 Å². The lowest BCUT2D eigenvalue weighted by atomic mass is 9.91. The van der Waals surface area contributed by atoms with Gasteiger partial charge in [0, 0.05) is 12.1 Å². The summed E-state index contributed by atoms with van der Waals surface area (Å²) >= 11 is 0. The molecule has 0 amide bonds. The van der Waals surface area contributed by atoms with Crippen LogP contribution in [0.25, 0.3) is 0 Å². The van der Waals surface area contributed by atoms with Gasteiger partial charge in [-0.15, -0.1) is 0 Å². The Morgan fingerprint density at radius 3 is 2.50 bits per heavy atom. The zero-order valence-corrected chi connectivity index (χ0v) is 11.8. The maximum atomic E-state index is 11.5. The molecule has 18 heavy (non-hydrogen) atoms. The molecule has 0 aromatic heterocycles. The van der Waals surface area contributed by atoms with E-state index in [4.69, 9.17) is 0 Å². The fraction of sp³-hybridized carbons (Fsp3) is 0.933. The number of carboxylic acid groups (broad SMARTS) is 1. The molecule has 0 bridgehead atoms. The normalized spacial score (nSPS) is 34.7. The molecule has 1 saturated carbocycles. The Labute approximate surface area is 111 Å². The largest absolute Gasteiger partial charge is 0.481 e. The molecule has 1 heterocycles. The maximum Gasteiger partial charge on any atom is 0.308 e. The van der Waals surface area contributed by atoms with Crippen molar-refractivity contribution in [1.29, 1.82) is 0 Å². The van der Waals surface area contributed by atoms with Gasteiger partial charge in [0.05, 0.1) is 5.92 Å². The van der Waals surface area contributed by atoms with Gasteiger partial charge in [-0.1, -0.05) is 33.1 Å². The molecule has 3 nitrogen and oxygen atoms in total. The minimum absolute atomic E-state index is 0.133.